The van der Waals surface area contributed by atoms with Gasteiger partial charge in [0.05, 0.1) is 37.7 Å². The maximum absolute atomic E-state index is 13.4. The maximum atomic E-state index is 13.4. The molecule has 0 aliphatic carbocycles. The summed E-state index contributed by atoms with van der Waals surface area (Å²) < 4.78 is 45.2. The average molecular weight is 582 g/mol. The summed E-state index contributed by atoms with van der Waals surface area (Å²) in [7, 11) is -0.520. The standard InChI is InChI=1S/C27H40N3O9P/c1-18(2)26(31)36-16-38-40(33,39-17-37-27(32)19(3)4)12-9-20-7-10-30(11-8-20)25-21-13-23(34-5)24(35-6)14-22(21)28-15-29-25/h13-15,18-20H,7-12,16-17H2,1-6H3. The first-order valence-electron chi connectivity index (χ1n) is 13.4. The molecule has 1 aliphatic heterocycles. The van der Waals surface area contributed by atoms with Gasteiger partial charge in [0.2, 0.25) is 13.6 Å². The molecule has 3 rings (SSSR count). The molecule has 0 saturated carbocycles. The van der Waals surface area contributed by atoms with E-state index in [2.05, 4.69) is 14.9 Å². The van der Waals surface area contributed by atoms with Crippen molar-refractivity contribution < 1.29 is 42.1 Å². The van der Waals surface area contributed by atoms with Crippen LogP contribution in [0.25, 0.3) is 10.9 Å². The van der Waals surface area contributed by atoms with E-state index in [1.54, 1.807) is 48.2 Å². The molecule has 222 valence electrons. The van der Waals surface area contributed by atoms with Crippen LogP contribution in [0.1, 0.15) is 47.0 Å². The summed E-state index contributed by atoms with van der Waals surface area (Å²) in [4.78, 5) is 34.7. The number of carbonyl (C=O) groups is 2. The summed E-state index contributed by atoms with van der Waals surface area (Å²) in [5.41, 5.74) is 0.761. The molecule has 0 radical (unpaired) electrons. The Morgan fingerprint density at radius 2 is 1.48 bits per heavy atom. The van der Waals surface area contributed by atoms with Crippen LogP contribution in [0.4, 0.5) is 5.82 Å². The molecule has 0 bridgehead atoms. The van der Waals surface area contributed by atoms with Crippen molar-refractivity contribution in [2.75, 3.05) is 52.0 Å². The molecule has 12 nitrogen and oxygen atoms in total. The minimum absolute atomic E-state index is 0.101. The Labute approximate surface area is 235 Å². The SMILES string of the molecule is COc1cc2ncnc(N3CCC(CCP(=O)(OCOC(=O)C(C)C)OCOC(=O)C(C)C)CC3)c2cc1OC. The number of methoxy groups -OCH3 is 2. The number of aromatic nitrogens is 2. The van der Waals surface area contributed by atoms with Crippen LogP contribution in [0.15, 0.2) is 18.5 Å². The first-order valence-corrected chi connectivity index (χ1v) is 15.1. The molecule has 2 aromatic rings. The van der Waals surface area contributed by atoms with Gasteiger partial charge in [0.25, 0.3) is 0 Å². The Morgan fingerprint density at radius 3 is 2.00 bits per heavy atom. The summed E-state index contributed by atoms with van der Waals surface area (Å²) in [6, 6.07) is 3.72. The second-order valence-electron chi connectivity index (χ2n) is 10.2. The highest BCUT2D eigenvalue weighted by atomic mass is 31.2. The van der Waals surface area contributed by atoms with Crippen LogP contribution in [-0.2, 0) is 32.7 Å². The van der Waals surface area contributed by atoms with Crippen LogP contribution in [-0.4, -0.2) is 69.0 Å². The van der Waals surface area contributed by atoms with E-state index < -0.39 is 33.1 Å². The summed E-state index contributed by atoms with van der Waals surface area (Å²) in [5.74, 6) is 0.640. The van der Waals surface area contributed by atoms with Crippen molar-refractivity contribution in [3.63, 3.8) is 0 Å². The van der Waals surface area contributed by atoms with Gasteiger partial charge in [-0.1, -0.05) is 27.7 Å². The van der Waals surface area contributed by atoms with Crippen molar-refractivity contribution in [2.24, 2.45) is 17.8 Å². The van der Waals surface area contributed by atoms with Gasteiger partial charge < -0.3 is 23.8 Å². The Kier molecular flexibility index (Phi) is 11.5. The van der Waals surface area contributed by atoms with E-state index >= 15 is 0 Å². The third-order valence-electron chi connectivity index (χ3n) is 6.69. The number of ether oxygens (including phenoxy) is 4. The van der Waals surface area contributed by atoms with Crippen LogP contribution >= 0.6 is 7.60 Å². The molecule has 1 fully saturated rings. The van der Waals surface area contributed by atoms with Crippen molar-refractivity contribution in [2.45, 2.75) is 47.0 Å². The molecular formula is C27H40N3O9P. The fourth-order valence-corrected chi connectivity index (χ4v) is 5.67. The normalized spacial score (nSPS) is 14.6. The van der Waals surface area contributed by atoms with Crippen molar-refractivity contribution in [3.8, 4) is 11.5 Å². The van der Waals surface area contributed by atoms with Crippen molar-refractivity contribution in [1.29, 1.82) is 0 Å². The van der Waals surface area contributed by atoms with Gasteiger partial charge in [-0.2, -0.15) is 0 Å². The topological polar surface area (TPSA) is 136 Å². The second kappa shape index (κ2) is 14.6. The molecule has 0 N–H and O–H groups in total. The van der Waals surface area contributed by atoms with Gasteiger partial charge in [0.1, 0.15) is 12.1 Å². The summed E-state index contributed by atoms with van der Waals surface area (Å²) in [6.07, 6.45) is 3.88. The highest BCUT2D eigenvalue weighted by Gasteiger charge is 2.30. The van der Waals surface area contributed by atoms with E-state index in [1.165, 1.54) is 0 Å². The first kappa shape index (κ1) is 31.6. The summed E-state index contributed by atoms with van der Waals surface area (Å²) in [5, 5.41) is 0.872. The van der Waals surface area contributed by atoms with Crippen LogP contribution in [0.5, 0.6) is 11.5 Å². The molecule has 0 unspecified atom stereocenters. The van der Waals surface area contributed by atoms with E-state index in [1.807, 2.05) is 12.1 Å². The highest BCUT2D eigenvalue weighted by molar-refractivity contribution is 7.53. The largest absolute Gasteiger partial charge is 0.493 e. The molecule has 0 atom stereocenters. The second-order valence-corrected chi connectivity index (χ2v) is 12.4. The van der Waals surface area contributed by atoms with Crippen LogP contribution in [0.2, 0.25) is 0 Å². The average Bonchev–Trinajstić information content (AvgIpc) is 2.95. The van der Waals surface area contributed by atoms with E-state index in [9.17, 15) is 14.2 Å². The fraction of sp³-hybridized carbons (Fsp3) is 0.630. The minimum Gasteiger partial charge on any atom is -0.493 e. The Bertz CT molecular complexity index is 1170. The number of fused-ring (bicyclic) bond motifs is 1. The molecule has 1 aromatic heterocycles. The summed E-state index contributed by atoms with van der Waals surface area (Å²) in [6.45, 7) is 7.24. The fourth-order valence-electron chi connectivity index (χ4n) is 4.22. The Morgan fingerprint density at radius 1 is 0.925 bits per heavy atom. The van der Waals surface area contributed by atoms with Gasteiger partial charge in [0.15, 0.2) is 11.5 Å². The van der Waals surface area contributed by atoms with E-state index in [0.717, 1.165) is 42.7 Å². The smallest absolute Gasteiger partial charge is 0.336 e. The Hall–Kier alpha value is -2.95. The van der Waals surface area contributed by atoms with Gasteiger partial charge in [0, 0.05) is 24.5 Å². The molecular weight excluding hydrogens is 541 g/mol. The molecule has 0 amide bonds. The third kappa shape index (κ3) is 8.52. The molecule has 1 saturated heterocycles. The lowest BCUT2D eigenvalue weighted by Gasteiger charge is -2.33. The van der Waals surface area contributed by atoms with Crippen molar-refractivity contribution >= 4 is 36.3 Å². The monoisotopic (exact) mass is 581 g/mol. The van der Waals surface area contributed by atoms with Gasteiger partial charge in [-0.25, -0.2) is 9.97 Å². The lowest BCUT2D eigenvalue weighted by Crippen LogP contribution is -2.34. The number of nitrogens with zero attached hydrogens (tertiary/aromatic N) is 3. The number of hydrogen-bond donors (Lipinski definition) is 0. The number of rotatable bonds is 14. The molecule has 2 heterocycles. The van der Waals surface area contributed by atoms with E-state index in [-0.39, 0.29) is 23.9 Å². The predicted molar refractivity (Wildman–Crippen MR) is 148 cm³/mol. The van der Waals surface area contributed by atoms with Crippen LogP contribution in [0, 0.1) is 17.8 Å². The predicted octanol–water partition coefficient (Wildman–Crippen LogP) is 4.79. The zero-order valence-corrected chi connectivity index (χ0v) is 25.0. The zero-order valence-electron chi connectivity index (χ0n) is 24.1. The van der Waals surface area contributed by atoms with Gasteiger partial charge in [-0.3, -0.25) is 23.2 Å². The lowest BCUT2D eigenvalue weighted by atomic mass is 9.94. The number of esters is 2. The quantitative estimate of drug-likeness (QED) is 0.172. The summed E-state index contributed by atoms with van der Waals surface area (Å²) >= 11 is 0. The highest BCUT2D eigenvalue weighted by Crippen LogP contribution is 2.50. The maximum Gasteiger partial charge on any atom is 0.336 e. The number of benzene rings is 1. The molecule has 40 heavy (non-hydrogen) atoms. The van der Waals surface area contributed by atoms with Crippen LogP contribution < -0.4 is 14.4 Å². The molecule has 1 aromatic carbocycles. The van der Waals surface area contributed by atoms with Crippen LogP contribution in [0.3, 0.4) is 0 Å². The van der Waals surface area contributed by atoms with Gasteiger partial charge in [-0.05, 0) is 31.2 Å². The third-order valence-corrected chi connectivity index (χ3v) is 8.49. The van der Waals surface area contributed by atoms with Gasteiger partial charge >= 0.3 is 19.5 Å². The molecule has 13 heteroatoms. The molecule has 0 spiro atoms. The van der Waals surface area contributed by atoms with Crippen molar-refractivity contribution in [3.05, 3.63) is 18.5 Å². The van der Waals surface area contributed by atoms with E-state index in [4.69, 9.17) is 28.0 Å². The number of carbonyl (C=O) groups excluding carboxylic acids is 2. The Balaban J connectivity index is 1.61. The number of piperidine rings is 1. The molecule has 1 aliphatic rings. The number of anilines is 1. The zero-order chi connectivity index (χ0) is 29.3. The first-order chi connectivity index (χ1) is 19.1. The minimum atomic E-state index is -3.70. The lowest BCUT2D eigenvalue weighted by molar-refractivity contribution is -0.156. The van der Waals surface area contributed by atoms with Gasteiger partial charge in [-0.15, -0.1) is 0 Å². The van der Waals surface area contributed by atoms with Crippen molar-refractivity contribution in [1.82, 2.24) is 9.97 Å². The number of hydrogen-bond acceptors (Lipinski definition) is 12. The van der Waals surface area contributed by atoms with E-state index in [0.29, 0.717) is 17.9 Å².